The minimum absolute atomic E-state index is 0.178. The van der Waals surface area contributed by atoms with E-state index in [-0.39, 0.29) is 17.5 Å². The molecule has 0 radical (unpaired) electrons. The number of hydrogen-bond donors (Lipinski definition) is 3. The molecule has 0 aliphatic rings. The van der Waals surface area contributed by atoms with Crippen molar-refractivity contribution < 1.29 is 9.59 Å². The highest BCUT2D eigenvalue weighted by molar-refractivity contribution is 6.07. The quantitative estimate of drug-likeness (QED) is 0.486. The fourth-order valence-electron chi connectivity index (χ4n) is 3.30. The van der Waals surface area contributed by atoms with Crippen molar-refractivity contribution in [3.8, 4) is 0 Å². The topological polar surface area (TPSA) is 88.1 Å². The molecule has 0 spiro atoms. The Labute approximate surface area is 183 Å². The molecule has 0 unspecified atom stereocenters. The molecule has 2 aromatic heterocycles. The van der Waals surface area contributed by atoms with Gasteiger partial charge in [0.15, 0.2) is 0 Å². The van der Waals surface area contributed by atoms with Gasteiger partial charge in [-0.05, 0) is 38.8 Å². The predicted octanol–water partition coefficient (Wildman–Crippen LogP) is 4.64. The number of carbonyl (C=O) groups excluding carboxylic acids is 2. The number of unbranched alkanes of at least 4 members (excludes halogenated alkanes) is 1. The van der Waals surface area contributed by atoms with Crippen LogP contribution in [0.2, 0.25) is 0 Å². The molecule has 0 saturated heterocycles. The second-order valence-electron chi connectivity index (χ2n) is 8.58. The summed E-state index contributed by atoms with van der Waals surface area (Å²) in [5.74, 6) is -0.178. The fraction of sp³-hybridized carbons (Fsp3) is 0.375. The van der Waals surface area contributed by atoms with Crippen molar-refractivity contribution in [2.45, 2.75) is 52.6 Å². The highest BCUT2D eigenvalue weighted by atomic mass is 16.2. The van der Waals surface area contributed by atoms with Crippen LogP contribution in [-0.2, 0) is 12.1 Å². The SMILES string of the molecule is CCCCNC(=O)Nc1cnc2c(c1)c(C(=O)NCc1ccccc1)cn2C(C)(C)C. The zero-order valence-electron chi connectivity index (χ0n) is 18.7. The van der Waals surface area contributed by atoms with Crippen molar-refractivity contribution in [2.75, 3.05) is 11.9 Å². The lowest BCUT2D eigenvalue weighted by Gasteiger charge is -2.21. The summed E-state index contributed by atoms with van der Waals surface area (Å²) in [6.07, 6.45) is 5.39. The smallest absolute Gasteiger partial charge is 0.319 e. The van der Waals surface area contributed by atoms with E-state index in [1.807, 2.05) is 41.1 Å². The summed E-state index contributed by atoms with van der Waals surface area (Å²) >= 11 is 0. The molecular weight excluding hydrogens is 390 g/mol. The van der Waals surface area contributed by atoms with Crippen LogP contribution in [0.25, 0.3) is 11.0 Å². The summed E-state index contributed by atoms with van der Waals surface area (Å²) < 4.78 is 1.99. The lowest BCUT2D eigenvalue weighted by Crippen LogP contribution is -2.29. The summed E-state index contributed by atoms with van der Waals surface area (Å²) in [4.78, 5) is 29.7. The van der Waals surface area contributed by atoms with Crippen LogP contribution >= 0.6 is 0 Å². The number of nitrogens with one attached hydrogen (secondary N) is 3. The number of pyridine rings is 1. The zero-order chi connectivity index (χ0) is 22.4. The Morgan fingerprint density at radius 3 is 2.52 bits per heavy atom. The van der Waals surface area contributed by atoms with Gasteiger partial charge in [0.25, 0.3) is 5.91 Å². The second kappa shape index (κ2) is 9.64. The lowest BCUT2D eigenvalue weighted by atomic mass is 10.1. The molecule has 1 aromatic carbocycles. The third kappa shape index (κ3) is 5.63. The van der Waals surface area contributed by atoms with Crippen molar-refractivity contribution in [2.24, 2.45) is 0 Å². The maximum atomic E-state index is 13.0. The highest BCUT2D eigenvalue weighted by Crippen LogP contribution is 2.28. The number of fused-ring (bicyclic) bond motifs is 1. The molecule has 3 aromatic rings. The first kappa shape index (κ1) is 22.3. The summed E-state index contributed by atoms with van der Waals surface area (Å²) in [6.45, 7) is 9.31. The largest absolute Gasteiger partial charge is 0.348 e. The molecule has 31 heavy (non-hydrogen) atoms. The summed E-state index contributed by atoms with van der Waals surface area (Å²) in [5, 5.41) is 9.32. The number of hydrogen-bond acceptors (Lipinski definition) is 3. The van der Waals surface area contributed by atoms with Gasteiger partial charge < -0.3 is 20.5 Å². The second-order valence-corrected chi connectivity index (χ2v) is 8.58. The van der Waals surface area contributed by atoms with Gasteiger partial charge in [0.2, 0.25) is 0 Å². The van der Waals surface area contributed by atoms with Gasteiger partial charge in [0, 0.05) is 30.2 Å². The van der Waals surface area contributed by atoms with Crippen LogP contribution in [0.3, 0.4) is 0 Å². The van der Waals surface area contributed by atoms with E-state index in [4.69, 9.17) is 0 Å². The Bertz CT molecular complexity index is 1050. The van der Waals surface area contributed by atoms with Crippen LogP contribution < -0.4 is 16.0 Å². The molecular formula is C24H31N5O2. The Balaban J connectivity index is 1.87. The van der Waals surface area contributed by atoms with Gasteiger partial charge in [-0.2, -0.15) is 0 Å². The van der Waals surface area contributed by atoms with Crippen LogP contribution in [0.1, 0.15) is 56.5 Å². The molecule has 7 heteroatoms. The molecule has 0 saturated carbocycles. The fourth-order valence-corrected chi connectivity index (χ4v) is 3.30. The number of urea groups is 1. The maximum Gasteiger partial charge on any atom is 0.319 e. The van der Waals surface area contributed by atoms with Gasteiger partial charge in [0.1, 0.15) is 5.65 Å². The number of amides is 3. The van der Waals surface area contributed by atoms with Gasteiger partial charge in [0.05, 0.1) is 17.4 Å². The molecule has 3 N–H and O–H groups in total. The zero-order valence-corrected chi connectivity index (χ0v) is 18.7. The Kier molecular flexibility index (Phi) is 6.95. The Morgan fingerprint density at radius 2 is 1.84 bits per heavy atom. The molecule has 0 fully saturated rings. The average Bonchev–Trinajstić information content (AvgIpc) is 3.12. The normalized spacial score (nSPS) is 11.4. The van der Waals surface area contributed by atoms with Crippen molar-refractivity contribution in [1.29, 1.82) is 0 Å². The van der Waals surface area contributed by atoms with E-state index >= 15 is 0 Å². The maximum absolute atomic E-state index is 13.0. The van der Waals surface area contributed by atoms with E-state index in [2.05, 4.69) is 48.6 Å². The highest BCUT2D eigenvalue weighted by Gasteiger charge is 2.23. The van der Waals surface area contributed by atoms with Crippen LogP contribution in [-0.4, -0.2) is 28.0 Å². The molecule has 0 aliphatic carbocycles. The van der Waals surface area contributed by atoms with Crippen molar-refractivity contribution >= 4 is 28.7 Å². The van der Waals surface area contributed by atoms with E-state index in [1.54, 1.807) is 12.3 Å². The first-order valence-corrected chi connectivity index (χ1v) is 10.7. The number of nitrogens with zero attached hydrogens (tertiary/aromatic N) is 2. The average molecular weight is 422 g/mol. The summed E-state index contributed by atoms with van der Waals surface area (Å²) in [7, 11) is 0. The van der Waals surface area contributed by atoms with Crippen LogP contribution in [0.15, 0.2) is 48.8 Å². The van der Waals surface area contributed by atoms with Gasteiger partial charge in [-0.25, -0.2) is 9.78 Å². The van der Waals surface area contributed by atoms with Crippen molar-refractivity contribution in [3.63, 3.8) is 0 Å². The molecule has 2 heterocycles. The van der Waals surface area contributed by atoms with Gasteiger partial charge in [-0.15, -0.1) is 0 Å². The standard InChI is InChI=1S/C24H31N5O2/c1-5-6-12-25-23(31)28-18-13-19-20(16-29(24(2,3)4)21(19)26-15-18)22(30)27-14-17-10-8-7-9-11-17/h7-11,13,15-16H,5-6,12,14H2,1-4H3,(H,27,30)(H2,25,28,31). The Morgan fingerprint density at radius 1 is 1.10 bits per heavy atom. The van der Waals surface area contributed by atoms with Crippen LogP contribution in [0.4, 0.5) is 10.5 Å². The van der Waals surface area contributed by atoms with Crippen molar-refractivity contribution in [1.82, 2.24) is 20.2 Å². The third-order valence-corrected chi connectivity index (χ3v) is 4.98. The molecule has 3 rings (SSSR count). The van der Waals surface area contributed by atoms with E-state index in [0.717, 1.165) is 18.4 Å². The minimum Gasteiger partial charge on any atom is -0.348 e. The number of benzene rings is 1. The lowest BCUT2D eigenvalue weighted by molar-refractivity contribution is 0.0952. The molecule has 3 amide bonds. The molecule has 164 valence electrons. The Hall–Kier alpha value is -3.35. The van der Waals surface area contributed by atoms with E-state index < -0.39 is 0 Å². The number of anilines is 1. The predicted molar refractivity (Wildman–Crippen MR) is 124 cm³/mol. The van der Waals surface area contributed by atoms with Crippen LogP contribution in [0.5, 0.6) is 0 Å². The molecule has 7 nitrogen and oxygen atoms in total. The summed E-state index contributed by atoms with van der Waals surface area (Å²) in [6, 6.07) is 11.3. The first-order valence-electron chi connectivity index (χ1n) is 10.7. The minimum atomic E-state index is -0.278. The molecule has 0 atom stereocenters. The van der Waals surface area contributed by atoms with E-state index in [0.29, 0.717) is 35.4 Å². The van der Waals surface area contributed by atoms with Gasteiger partial charge >= 0.3 is 6.03 Å². The van der Waals surface area contributed by atoms with E-state index in [1.165, 1.54) is 0 Å². The van der Waals surface area contributed by atoms with E-state index in [9.17, 15) is 9.59 Å². The number of carbonyl (C=O) groups is 2. The van der Waals surface area contributed by atoms with Gasteiger partial charge in [-0.3, -0.25) is 4.79 Å². The third-order valence-electron chi connectivity index (χ3n) is 4.98. The molecule has 0 aliphatic heterocycles. The number of rotatable bonds is 7. The van der Waals surface area contributed by atoms with Crippen molar-refractivity contribution in [3.05, 3.63) is 59.9 Å². The monoisotopic (exact) mass is 421 g/mol. The number of aromatic nitrogens is 2. The van der Waals surface area contributed by atoms with Crippen LogP contribution in [0, 0.1) is 0 Å². The first-order chi connectivity index (χ1) is 14.8. The van der Waals surface area contributed by atoms with Gasteiger partial charge in [-0.1, -0.05) is 43.7 Å². The summed E-state index contributed by atoms with van der Waals surface area (Å²) in [5.41, 5.74) is 2.55. The molecule has 0 bridgehead atoms.